The van der Waals surface area contributed by atoms with E-state index in [0.29, 0.717) is 5.56 Å². The van der Waals surface area contributed by atoms with Crippen molar-refractivity contribution in [3.05, 3.63) is 65.7 Å². The van der Waals surface area contributed by atoms with Crippen molar-refractivity contribution in [3.63, 3.8) is 0 Å². The third kappa shape index (κ3) is 4.67. The molecule has 1 fully saturated rings. The number of rotatable bonds is 4. The van der Waals surface area contributed by atoms with Crippen molar-refractivity contribution in [2.24, 2.45) is 0 Å². The second-order valence-corrected chi connectivity index (χ2v) is 6.30. The predicted molar refractivity (Wildman–Crippen MR) is 98.4 cm³/mol. The summed E-state index contributed by atoms with van der Waals surface area (Å²) < 4.78 is 0. The van der Waals surface area contributed by atoms with Gasteiger partial charge in [-0.25, -0.2) is 0 Å². The molecule has 5 nitrogen and oxygen atoms in total. The molecule has 0 saturated carbocycles. The topological polar surface area (TPSA) is 52.7 Å². The van der Waals surface area contributed by atoms with E-state index in [1.807, 2.05) is 59.5 Å². The van der Waals surface area contributed by atoms with Gasteiger partial charge in [0.1, 0.15) is 0 Å². The van der Waals surface area contributed by atoms with Gasteiger partial charge in [0.15, 0.2) is 0 Å². The average Bonchev–Trinajstić information content (AvgIpc) is 2.63. The number of hydrogen-bond donors (Lipinski definition) is 1. The number of nitrogens with one attached hydrogen (secondary N) is 1. The summed E-state index contributed by atoms with van der Waals surface area (Å²) >= 11 is 0. The number of nitrogens with zero attached hydrogens (tertiary/aromatic N) is 2. The third-order valence-corrected chi connectivity index (χ3v) is 4.47. The van der Waals surface area contributed by atoms with Crippen molar-refractivity contribution >= 4 is 17.5 Å². The van der Waals surface area contributed by atoms with Crippen molar-refractivity contribution in [1.82, 2.24) is 9.80 Å². The highest BCUT2D eigenvalue weighted by atomic mass is 16.2. The number of hydrogen-bond acceptors (Lipinski definition) is 3. The molecular formula is C20H23N3O2. The van der Waals surface area contributed by atoms with Crippen molar-refractivity contribution in [1.29, 1.82) is 0 Å². The second-order valence-electron chi connectivity index (χ2n) is 6.30. The van der Waals surface area contributed by atoms with E-state index in [0.717, 1.165) is 38.4 Å². The van der Waals surface area contributed by atoms with Crippen molar-refractivity contribution in [2.75, 3.05) is 31.5 Å². The van der Waals surface area contributed by atoms with Gasteiger partial charge in [0, 0.05) is 50.9 Å². The van der Waals surface area contributed by atoms with Gasteiger partial charge in [0.2, 0.25) is 5.91 Å². The molecule has 3 rings (SSSR count). The summed E-state index contributed by atoms with van der Waals surface area (Å²) in [6, 6.07) is 17.2. The first kappa shape index (κ1) is 17.2. The van der Waals surface area contributed by atoms with E-state index in [9.17, 15) is 9.59 Å². The first-order valence-electron chi connectivity index (χ1n) is 8.55. The lowest BCUT2D eigenvalue weighted by Gasteiger charge is -2.34. The Hall–Kier alpha value is -2.66. The minimum Gasteiger partial charge on any atom is -0.340 e. The molecule has 1 saturated heterocycles. The maximum Gasteiger partial charge on any atom is 0.255 e. The Kier molecular flexibility index (Phi) is 5.46. The van der Waals surface area contributed by atoms with Crippen LogP contribution in [0.2, 0.25) is 0 Å². The summed E-state index contributed by atoms with van der Waals surface area (Å²) in [6.07, 6.45) is 0. The summed E-state index contributed by atoms with van der Waals surface area (Å²) in [5, 5.41) is 2.89. The molecule has 0 unspecified atom stereocenters. The van der Waals surface area contributed by atoms with E-state index in [1.54, 1.807) is 6.92 Å². The SMILES string of the molecule is CC(=O)N1CCN(Cc2ccc(C(=O)Nc3ccccc3)cc2)CC1. The molecule has 5 heteroatoms. The lowest BCUT2D eigenvalue weighted by molar-refractivity contribution is -0.130. The lowest BCUT2D eigenvalue weighted by Crippen LogP contribution is -2.47. The Morgan fingerprint density at radius 1 is 0.920 bits per heavy atom. The monoisotopic (exact) mass is 337 g/mol. The number of carbonyl (C=O) groups excluding carboxylic acids is 2. The summed E-state index contributed by atoms with van der Waals surface area (Å²) in [5.41, 5.74) is 2.61. The Morgan fingerprint density at radius 3 is 2.16 bits per heavy atom. The summed E-state index contributed by atoms with van der Waals surface area (Å²) in [7, 11) is 0. The van der Waals surface area contributed by atoms with E-state index in [4.69, 9.17) is 0 Å². The van der Waals surface area contributed by atoms with Crippen LogP contribution in [0.25, 0.3) is 0 Å². The van der Waals surface area contributed by atoms with Crippen LogP contribution in [0.5, 0.6) is 0 Å². The van der Waals surface area contributed by atoms with Crippen LogP contribution in [-0.4, -0.2) is 47.8 Å². The highest BCUT2D eigenvalue weighted by molar-refractivity contribution is 6.04. The molecule has 2 aromatic carbocycles. The maximum absolute atomic E-state index is 12.3. The minimum atomic E-state index is -0.104. The standard InChI is InChI=1S/C20H23N3O2/c1-16(24)23-13-11-22(12-14-23)15-17-7-9-18(10-8-17)20(25)21-19-5-3-2-4-6-19/h2-10H,11-15H2,1H3,(H,21,25). The van der Waals surface area contributed by atoms with Crippen LogP contribution >= 0.6 is 0 Å². The molecule has 1 aliphatic rings. The Bertz CT molecular complexity index is 720. The van der Waals surface area contributed by atoms with Gasteiger partial charge in [0.05, 0.1) is 0 Å². The highest BCUT2D eigenvalue weighted by Crippen LogP contribution is 2.12. The van der Waals surface area contributed by atoms with E-state index in [1.165, 1.54) is 5.56 Å². The normalized spacial score (nSPS) is 15.0. The van der Waals surface area contributed by atoms with Gasteiger partial charge in [-0.3, -0.25) is 14.5 Å². The van der Waals surface area contributed by atoms with Crippen molar-refractivity contribution in [3.8, 4) is 0 Å². The third-order valence-electron chi connectivity index (χ3n) is 4.47. The minimum absolute atomic E-state index is 0.104. The molecule has 0 bridgehead atoms. The molecular weight excluding hydrogens is 314 g/mol. The number of anilines is 1. The fourth-order valence-electron chi connectivity index (χ4n) is 2.97. The Balaban J connectivity index is 1.54. The van der Waals surface area contributed by atoms with Crippen LogP contribution in [-0.2, 0) is 11.3 Å². The van der Waals surface area contributed by atoms with Gasteiger partial charge in [-0.15, -0.1) is 0 Å². The van der Waals surface area contributed by atoms with E-state index >= 15 is 0 Å². The number of para-hydroxylation sites is 1. The Labute approximate surface area is 148 Å². The fraction of sp³-hybridized carbons (Fsp3) is 0.300. The predicted octanol–water partition coefficient (Wildman–Crippen LogP) is 2.60. The molecule has 0 aliphatic carbocycles. The zero-order chi connectivity index (χ0) is 17.6. The molecule has 0 atom stereocenters. The van der Waals surface area contributed by atoms with Crippen LogP contribution in [0.15, 0.2) is 54.6 Å². The van der Waals surface area contributed by atoms with E-state index < -0.39 is 0 Å². The van der Waals surface area contributed by atoms with Crippen LogP contribution in [0.4, 0.5) is 5.69 Å². The van der Waals surface area contributed by atoms with Gasteiger partial charge in [0.25, 0.3) is 5.91 Å². The van der Waals surface area contributed by atoms with E-state index in [2.05, 4.69) is 10.2 Å². The van der Waals surface area contributed by atoms with E-state index in [-0.39, 0.29) is 11.8 Å². The summed E-state index contributed by atoms with van der Waals surface area (Å²) in [4.78, 5) is 27.8. The first-order chi connectivity index (χ1) is 12.1. The average molecular weight is 337 g/mol. The molecule has 1 aliphatic heterocycles. The number of amides is 2. The van der Waals surface area contributed by atoms with Crippen LogP contribution in [0.3, 0.4) is 0 Å². The quantitative estimate of drug-likeness (QED) is 0.933. The van der Waals surface area contributed by atoms with Gasteiger partial charge in [-0.1, -0.05) is 30.3 Å². The molecule has 130 valence electrons. The van der Waals surface area contributed by atoms with Gasteiger partial charge in [-0.05, 0) is 29.8 Å². The van der Waals surface area contributed by atoms with Crippen molar-refractivity contribution in [2.45, 2.75) is 13.5 Å². The molecule has 1 N–H and O–H groups in total. The van der Waals surface area contributed by atoms with Crippen LogP contribution in [0, 0.1) is 0 Å². The summed E-state index contributed by atoms with van der Waals surface area (Å²) in [5.74, 6) is 0.0428. The van der Waals surface area contributed by atoms with Gasteiger partial charge < -0.3 is 10.2 Å². The fourth-order valence-corrected chi connectivity index (χ4v) is 2.97. The van der Waals surface area contributed by atoms with Gasteiger partial charge in [-0.2, -0.15) is 0 Å². The number of piperazine rings is 1. The maximum atomic E-state index is 12.3. The molecule has 0 spiro atoms. The zero-order valence-electron chi connectivity index (χ0n) is 14.4. The molecule has 2 amide bonds. The lowest BCUT2D eigenvalue weighted by atomic mass is 10.1. The van der Waals surface area contributed by atoms with Crippen molar-refractivity contribution < 1.29 is 9.59 Å². The Morgan fingerprint density at radius 2 is 1.56 bits per heavy atom. The molecule has 25 heavy (non-hydrogen) atoms. The van der Waals surface area contributed by atoms with Gasteiger partial charge >= 0.3 is 0 Å². The summed E-state index contributed by atoms with van der Waals surface area (Å²) in [6.45, 7) is 5.80. The van der Waals surface area contributed by atoms with Crippen LogP contribution in [0.1, 0.15) is 22.8 Å². The molecule has 1 heterocycles. The number of carbonyl (C=O) groups is 2. The molecule has 0 aromatic heterocycles. The smallest absolute Gasteiger partial charge is 0.255 e. The zero-order valence-corrected chi connectivity index (χ0v) is 14.4. The first-order valence-corrected chi connectivity index (χ1v) is 8.55. The van der Waals surface area contributed by atoms with Crippen LogP contribution < -0.4 is 5.32 Å². The second kappa shape index (κ2) is 7.94. The number of benzene rings is 2. The molecule has 2 aromatic rings. The molecule has 0 radical (unpaired) electrons. The highest BCUT2D eigenvalue weighted by Gasteiger charge is 2.18. The largest absolute Gasteiger partial charge is 0.340 e.